The summed E-state index contributed by atoms with van der Waals surface area (Å²) in [6, 6.07) is 5.93. The number of nitrogens with two attached hydrogens (primary N) is 1. The molecule has 0 spiro atoms. The summed E-state index contributed by atoms with van der Waals surface area (Å²) >= 11 is 0. The van der Waals surface area contributed by atoms with Crippen molar-refractivity contribution in [1.29, 1.82) is 0 Å². The highest BCUT2D eigenvalue weighted by Gasteiger charge is 2.14. The van der Waals surface area contributed by atoms with Crippen molar-refractivity contribution in [3.05, 3.63) is 29.3 Å². The Hall–Kier alpha value is -1.31. The quantitative estimate of drug-likeness (QED) is 0.601. The number of nitrogen functional groups attached to an aromatic ring is 1. The fraction of sp³-hybridized carbons (Fsp3) is 0.632. The van der Waals surface area contributed by atoms with Gasteiger partial charge in [0.1, 0.15) is 0 Å². The highest BCUT2D eigenvalue weighted by Crippen LogP contribution is 2.27. The molecule has 1 fully saturated rings. The molecule has 2 nitrogen and oxygen atoms in total. The van der Waals surface area contributed by atoms with Crippen molar-refractivity contribution >= 4 is 11.5 Å². The van der Waals surface area contributed by atoms with Crippen molar-refractivity contribution in [3.63, 3.8) is 0 Å². The molecule has 2 rings (SSSR count). The average molecular weight is 287 g/mol. The lowest BCUT2D eigenvalue weighted by atomic mass is 9.86. The monoisotopic (exact) mass is 287 g/mol. The predicted molar refractivity (Wildman–Crippen MR) is 89.6 cm³/mol. The maximum atomic E-state index is 11.9. The highest BCUT2D eigenvalue weighted by atomic mass is 16.1. The zero-order valence-corrected chi connectivity index (χ0v) is 13.4. The predicted octanol–water partition coefficient (Wildman–Crippen LogP) is 5.15. The van der Waals surface area contributed by atoms with Crippen LogP contribution in [0.25, 0.3) is 0 Å². The van der Waals surface area contributed by atoms with E-state index in [9.17, 15) is 4.79 Å². The first-order valence-corrected chi connectivity index (χ1v) is 8.62. The first-order valence-electron chi connectivity index (χ1n) is 8.62. The molecule has 1 aliphatic rings. The molecule has 2 heteroatoms. The van der Waals surface area contributed by atoms with E-state index in [-0.39, 0.29) is 5.78 Å². The minimum Gasteiger partial charge on any atom is -0.398 e. The minimum atomic E-state index is 0.210. The molecule has 0 bridgehead atoms. The van der Waals surface area contributed by atoms with Crippen LogP contribution in [0.1, 0.15) is 80.6 Å². The Morgan fingerprint density at radius 1 is 1.14 bits per heavy atom. The van der Waals surface area contributed by atoms with Crippen molar-refractivity contribution in [2.24, 2.45) is 5.92 Å². The molecule has 0 aliphatic heterocycles. The Morgan fingerprint density at radius 3 is 2.43 bits per heavy atom. The van der Waals surface area contributed by atoms with Crippen LogP contribution in [0.15, 0.2) is 18.2 Å². The van der Waals surface area contributed by atoms with Crippen LogP contribution in [-0.2, 0) is 6.42 Å². The molecule has 0 saturated heterocycles. The van der Waals surface area contributed by atoms with Crippen molar-refractivity contribution in [3.8, 4) is 0 Å². The van der Waals surface area contributed by atoms with Crippen LogP contribution in [0.4, 0.5) is 5.69 Å². The maximum absolute atomic E-state index is 11.9. The molecule has 21 heavy (non-hydrogen) atoms. The van der Waals surface area contributed by atoms with Crippen LogP contribution in [0.3, 0.4) is 0 Å². The summed E-state index contributed by atoms with van der Waals surface area (Å²) in [4.78, 5) is 11.9. The summed E-state index contributed by atoms with van der Waals surface area (Å²) < 4.78 is 0. The molecule has 0 aromatic heterocycles. The molecule has 1 aromatic carbocycles. The van der Waals surface area contributed by atoms with E-state index in [4.69, 9.17) is 5.73 Å². The summed E-state index contributed by atoms with van der Waals surface area (Å²) in [5.74, 6) is 0.978. The largest absolute Gasteiger partial charge is 0.398 e. The van der Waals surface area contributed by atoms with Gasteiger partial charge in [-0.05, 0) is 30.4 Å². The summed E-state index contributed by atoms with van der Waals surface area (Å²) in [6.07, 6.45) is 12.1. The zero-order chi connectivity index (χ0) is 15.1. The van der Waals surface area contributed by atoms with E-state index >= 15 is 0 Å². The molecule has 2 N–H and O–H groups in total. The van der Waals surface area contributed by atoms with Gasteiger partial charge in [0.05, 0.1) is 0 Å². The number of benzene rings is 1. The number of rotatable bonds is 5. The maximum Gasteiger partial charge on any atom is 0.162 e. The number of carbonyl (C=O) groups excluding carboxylic acids is 1. The van der Waals surface area contributed by atoms with E-state index in [1.807, 2.05) is 19.1 Å². The lowest BCUT2D eigenvalue weighted by Crippen LogP contribution is -2.09. The van der Waals surface area contributed by atoms with Gasteiger partial charge >= 0.3 is 0 Å². The van der Waals surface area contributed by atoms with Gasteiger partial charge in [0.2, 0.25) is 0 Å². The van der Waals surface area contributed by atoms with E-state index in [0.717, 1.165) is 30.0 Å². The van der Waals surface area contributed by atoms with Gasteiger partial charge in [-0.25, -0.2) is 0 Å². The van der Waals surface area contributed by atoms with Crippen molar-refractivity contribution in [1.82, 2.24) is 0 Å². The SMILES string of the molecule is CCCC(=O)c1ccc(CC2CCCCCCC2)c(N)c1. The Labute approximate surface area is 129 Å². The van der Waals surface area contributed by atoms with Crippen molar-refractivity contribution in [2.45, 2.75) is 71.1 Å². The molecule has 1 aliphatic carbocycles. The lowest BCUT2D eigenvalue weighted by molar-refractivity contribution is 0.0982. The third kappa shape index (κ3) is 4.87. The topological polar surface area (TPSA) is 43.1 Å². The van der Waals surface area contributed by atoms with Crippen LogP contribution >= 0.6 is 0 Å². The van der Waals surface area contributed by atoms with Gasteiger partial charge in [0, 0.05) is 17.7 Å². The number of carbonyl (C=O) groups is 1. The molecule has 0 amide bonds. The second kappa shape index (κ2) is 8.21. The van der Waals surface area contributed by atoms with Gasteiger partial charge in [-0.15, -0.1) is 0 Å². The number of hydrogen-bond donors (Lipinski definition) is 1. The molecular formula is C19H29NO. The van der Waals surface area contributed by atoms with E-state index in [2.05, 4.69) is 6.07 Å². The number of ketones is 1. The van der Waals surface area contributed by atoms with E-state index < -0.39 is 0 Å². The van der Waals surface area contributed by atoms with Crippen LogP contribution < -0.4 is 5.73 Å². The normalized spacial score (nSPS) is 17.2. The van der Waals surface area contributed by atoms with Gasteiger partial charge in [-0.2, -0.15) is 0 Å². The minimum absolute atomic E-state index is 0.210. The smallest absolute Gasteiger partial charge is 0.162 e. The molecule has 116 valence electrons. The standard InChI is InChI=1S/C19H29NO/c1-2-8-19(21)17-12-11-16(18(20)14-17)13-15-9-6-4-3-5-7-10-15/h11-12,14-15H,2-10,13,20H2,1H3. The summed E-state index contributed by atoms with van der Waals surface area (Å²) in [5.41, 5.74) is 9.00. The summed E-state index contributed by atoms with van der Waals surface area (Å²) in [5, 5.41) is 0. The number of Topliss-reactive ketones (excluding diaryl/α,β-unsaturated/α-hetero) is 1. The highest BCUT2D eigenvalue weighted by molar-refractivity contribution is 5.96. The van der Waals surface area contributed by atoms with E-state index in [1.54, 1.807) is 0 Å². The fourth-order valence-electron chi connectivity index (χ4n) is 3.38. The van der Waals surface area contributed by atoms with Gasteiger partial charge in [-0.1, -0.05) is 64.0 Å². The lowest BCUT2D eigenvalue weighted by Gasteiger charge is -2.20. The average Bonchev–Trinajstić information content (AvgIpc) is 2.43. The Kier molecular flexibility index (Phi) is 6.28. The van der Waals surface area contributed by atoms with Gasteiger partial charge in [0.15, 0.2) is 5.78 Å². The molecule has 0 unspecified atom stereocenters. The van der Waals surface area contributed by atoms with E-state index in [1.165, 1.54) is 50.5 Å². The second-order valence-electron chi connectivity index (χ2n) is 6.50. The Morgan fingerprint density at radius 2 is 1.81 bits per heavy atom. The molecular weight excluding hydrogens is 258 g/mol. The first kappa shape index (κ1) is 16.1. The molecule has 0 heterocycles. The van der Waals surface area contributed by atoms with E-state index in [0.29, 0.717) is 6.42 Å². The van der Waals surface area contributed by atoms with Crippen LogP contribution in [0.5, 0.6) is 0 Å². The Bertz CT molecular complexity index is 459. The summed E-state index contributed by atoms with van der Waals surface area (Å²) in [6.45, 7) is 2.03. The summed E-state index contributed by atoms with van der Waals surface area (Å²) in [7, 11) is 0. The molecule has 0 atom stereocenters. The van der Waals surface area contributed by atoms with Gasteiger partial charge in [-0.3, -0.25) is 4.79 Å². The van der Waals surface area contributed by atoms with Crippen molar-refractivity contribution in [2.75, 3.05) is 5.73 Å². The molecule has 0 radical (unpaired) electrons. The number of hydrogen-bond acceptors (Lipinski definition) is 2. The van der Waals surface area contributed by atoms with Gasteiger partial charge < -0.3 is 5.73 Å². The Balaban J connectivity index is 2.01. The second-order valence-corrected chi connectivity index (χ2v) is 6.50. The fourth-order valence-corrected chi connectivity index (χ4v) is 3.38. The van der Waals surface area contributed by atoms with Crippen molar-refractivity contribution < 1.29 is 4.79 Å². The number of anilines is 1. The van der Waals surface area contributed by atoms with Crippen LogP contribution in [0, 0.1) is 5.92 Å². The van der Waals surface area contributed by atoms with Crippen LogP contribution in [0.2, 0.25) is 0 Å². The molecule has 1 saturated carbocycles. The third-order valence-corrected chi connectivity index (χ3v) is 4.68. The molecule has 1 aromatic rings. The van der Waals surface area contributed by atoms with Crippen LogP contribution in [-0.4, -0.2) is 5.78 Å². The first-order chi connectivity index (χ1) is 10.2. The zero-order valence-electron chi connectivity index (χ0n) is 13.4. The third-order valence-electron chi connectivity index (χ3n) is 4.68. The van der Waals surface area contributed by atoms with Gasteiger partial charge in [0.25, 0.3) is 0 Å².